The van der Waals surface area contributed by atoms with E-state index in [9.17, 15) is 19.1 Å². The maximum Gasteiger partial charge on any atom is 0.293 e. The summed E-state index contributed by atoms with van der Waals surface area (Å²) in [7, 11) is 7.48. The average Bonchev–Trinajstić information content (AvgIpc) is 2.90. The van der Waals surface area contributed by atoms with Gasteiger partial charge in [0.15, 0.2) is 17.3 Å². The normalized spacial score (nSPS) is 17.7. The monoisotopic (exact) mass is 478 g/mol. The van der Waals surface area contributed by atoms with E-state index < -0.39 is 28.2 Å². The molecule has 1 atom stereocenters. The number of amides is 2. The van der Waals surface area contributed by atoms with Crippen LogP contribution in [0.4, 0.5) is 15.1 Å². The van der Waals surface area contributed by atoms with Gasteiger partial charge in [0.05, 0.1) is 14.9 Å². The number of phenolic OH excluding ortho intramolecular Hbond substituents is 1. The lowest BCUT2D eigenvalue weighted by atomic mass is 9.78. The number of hydrogen-bond donors (Lipinski definition) is 2. The molecule has 29 heavy (non-hydrogen) atoms. The molecule has 2 radical (unpaired) electrons. The number of thioether (sulfide) groups is 1. The summed E-state index contributed by atoms with van der Waals surface area (Å²) in [5.74, 6) is -2.58. The topological polar surface area (TPSA) is 119 Å². The zero-order chi connectivity index (χ0) is 21.5. The molecule has 1 unspecified atom stereocenters. The van der Waals surface area contributed by atoms with Gasteiger partial charge in [0, 0.05) is 25.0 Å². The molecular formula is C17H13BBrFN4O4S. The summed E-state index contributed by atoms with van der Waals surface area (Å²) in [6, 6.07) is 1.29. The van der Waals surface area contributed by atoms with Gasteiger partial charge >= 0.3 is 0 Å². The van der Waals surface area contributed by atoms with Crippen molar-refractivity contribution < 1.29 is 23.8 Å². The van der Waals surface area contributed by atoms with Gasteiger partial charge in [-0.2, -0.15) is 0 Å². The number of carbonyl (C=O) groups is 2. The molecule has 1 fully saturated rings. The molecule has 1 aromatic carbocycles. The maximum absolute atomic E-state index is 14.5. The SMILES string of the molecule is [B]C(C)(Oc1cc(/C=C2\SC(=O)N(C)C2=O)c(Br)c(F)c1O)c1cnc(N)nc1. The largest absolute Gasteiger partial charge is 0.502 e. The number of phenols is 1. The van der Waals surface area contributed by atoms with Crippen molar-refractivity contribution in [3.8, 4) is 11.5 Å². The summed E-state index contributed by atoms with van der Waals surface area (Å²) in [6.07, 6.45) is 3.99. The first kappa shape index (κ1) is 21.1. The number of nitrogens with two attached hydrogens (primary N) is 1. The van der Waals surface area contributed by atoms with Crippen molar-refractivity contribution in [3.05, 3.63) is 44.8 Å². The number of aromatic hydroxyl groups is 1. The van der Waals surface area contributed by atoms with E-state index in [-0.39, 0.29) is 26.6 Å². The minimum Gasteiger partial charge on any atom is -0.502 e. The number of carbonyl (C=O) groups excluding carboxylic acids is 2. The number of aromatic nitrogens is 2. The fraction of sp³-hybridized carbons (Fsp3) is 0.176. The molecule has 8 nitrogen and oxygen atoms in total. The highest BCUT2D eigenvalue weighted by molar-refractivity contribution is 9.10. The summed E-state index contributed by atoms with van der Waals surface area (Å²) < 4.78 is 20.1. The van der Waals surface area contributed by atoms with Gasteiger partial charge < -0.3 is 15.6 Å². The second-order valence-electron chi connectivity index (χ2n) is 6.22. The first-order chi connectivity index (χ1) is 13.5. The van der Waals surface area contributed by atoms with E-state index in [2.05, 4.69) is 25.9 Å². The molecule has 148 valence electrons. The van der Waals surface area contributed by atoms with Gasteiger partial charge in [-0.05, 0) is 52.3 Å². The standard InChI is InChI=1S/C17H13BBrFN4O4S/c1-17(18,8-5-22-15(21)23-6-8)28-9-3-7(11(19)12(20)13(9)25)4-10-14(26)24(2)16(27)29-10/h3-6,25H,1-2H3,(H2,21,22,23)/b10-4-. The van der Waals surface area contributed by atoms with Crippen LogP contribution in [0.1, 0.15) is 18.1 Å². The first-order valence-electron chi connectivity index (χ1n) is 7.99. The Kier molecular flexibility index (Phi) is 5.59. The zero-order valence-electron chi connectivity index (χ0n) is 15.1. The summed E-state index contributed by atoms with van der Waals surface area (Å²) in [4.78, 5) is 32.4. The van der Waals surface area contributed by atoms with Gasteiger partial charge in [-0.3, -0.25) is 14.5 Å². The number of rotatable bonds is 4. The van der Waals surface area contributed by atoms with Gasteiger partial charge in [0.25, 0.3) is 11.1 Å². The predicted molar refractivity (Wildman–Crippen MR) is 110 cm³/mol. The van der Waals surface area contributed by atoms with E-state index in [0.717, 1.165) is 4.90 Å². The fourth-order valence-corrected chi connectivity index (χ4v) is 3.60. The molecule has 1 aliphatic heterocycles. The Bertz CT molecular complexity index is 1050. The Balaban J connectivity index is 2.01. The van der Waals surface area contributed by atoms with E-state index in [1.54, 1.807) is 0 Å². The third-order valence-electron chi connectivity index (χ3n) is 4.01. The van der Waals surface area contributed by atoms with Crippen LogP contribution in [0.3, 0.4) is 0 Å². The highest BCUT2D eigenvalue weighted by atomic mass is 79.9. The number of likely N-dealkylation sites (N-methyl/N-ethyl adjacent to an activating group) is 1. The summed E-state index contributed by atoms with van der Waals surface area (Å²) in [6.45, 7) is 1.46. The molecule has 0 spiro atoms. The first-order valence-corrected chi connectivity index (χ1v) is 9.60. The molecule has 12 heteroatoms. The zero-order valence-corrected chi connectivity index (χ0v) is 17.5. The van der Waals surface area contributed by atoms with Gasteiger partial charge in [0.1, 0.15) is 7.85 Å². The van der Waals surface area contributed by atoms with E-state index >= 15 is 0 Å². The van der Waals surface area contributed by atoms with Crippen molar-refractivity contribution in [2.45, 2.75) is 12.4 Å². The molecular weight excluding hydrogens is 466 g/mol. The number of nitrogens with zero attached hydrogens (tertiary/aromatic N) is 3. The van der Waals surface area contributed by atoms with Crippen LogP contribution in [0.2, 0.25) is 0 Å². The van der Waals surface area contributed by atoms with Crippen molar-refractivity contribution in [3.63, 3.8) is 0 Å². The van der Waals surface area contributed by atoms with Crippen molar-refractivity contribution >= 4 is 58.7 Å². The molecule has 0 saturated carbocycles. The summed E-state index contributed by atoms with van der Waals surface area (Å²) in [5.41, 5.74) is 4.40. The quantitative estimate of drug-likeness (QED) is 0.508. The van der Waals surface area contributed by atoms with Crippen LogP contribution in [-0.2, 0) is 10.3 Å². The highest BCUT2D eigenvalue weighted by Gasteiger charge is 2.33. The minimum atomic E-state index is -1.54. The molecule has 0 aliphatic carbocycles. The Morgan fingerprint density at radius 2 is 2.03 bits per heavy atom. The van der Waals surface area contributed by atoms with E-state index in [4.69, 9.17) is 18.3 Å². The molecule has 1 saturated heterocycles. The highest BCUT2D eigenvalue weighted by Crippen LogP contribution is 2.41. The summed E-state index contributed by atoms with van der Waals surface area (Å²) >= 11 is 3.75. The molecule has 3 rings (SSSR count). The third-order valence-corrected chi connectivity index (χ3v) is 5.78. The number of benzene rings is 1. The van der Waals surface area contributed by atoms with Crippen LogP contribution in [0, 0.1) is 5.82 Å². The van der Waals surface area contributed by atoms with Crippen LogP contribution >= 0.6 is 27.7 Å². The van der Waals surface area contributed by atoms with Crippen LogP contribution in [0.15, 0.2) is 27.8 Å². The lowest BCUT2D eigenvalue weighted by Crippen LogP contribution is -2.30. The number of anilines is 1. The van der Waals surface area contributed by atoms with Gasteiger partial charge in [-0.15, -0.1) is 0 Å². The van der Waals surface area contributed by atoms with Crippen molar-refractivity contribution in [2.24, 2.45) is 0 Å². The average molecular weight is 479 g/mol. The Morgan fingerprint density at radius 1 is 1.41 bits per heavy atom. The van der Waals surface area contributed by atoms with Crippen LogP contribution in [0.5, 0.6) is 11.5 Å². The fourth-order valence-electron chi connectivity index (χ4n) is 2.36. The van der Waals surface area contributed by atoms with Crippen molar-refractivity contribution in [1.82, 2.24) is 14.9 Å². The number of halogens is 2. The van der Waals surface area contributed by atoms with Crippen LogP contribution < -0.4 is 10.5 Å². The van der Waals surface area contributed by atoms with Crippen LogP contribution in [-0.4, -0.2) is 46.0 Å². The van der Waals surface area contributed by atoms with Gasteiger partial charge in [-0.1, -0.05) is 0 Å². The Hall–Kier alpha value is -2.60. The number of imide groups is 1. The second-order valence-corrected chi connectivity index (χ2v) is 8.01. The predicted octanol–water partition coefficient (Wildman–Crippen LogP) is 2.75. The number of ether oxygens (including phenoxy) is 1. The smallest absolute Gasteiger partial charge is 0.293 e. The van der Waals surface area contributed by atoms with Crippen molar-refractivity contribution in [2.75, 3.05) is 12.8 Å². The van der Waals surface area contributed by atoms with E-state index in [1.165, 1.54) is 38.5 Å². The Morgan fingerprint density at radius 3 is 2.59 bits per heavy atom. The lowest BCUT2D eigenvalue weighted by Gasteiger charge is -2.28. The Labute approximate surface area is 178 Å². The molecule has 1 aliphatic rings. The van der Waals surface area contributed by atoms with Crippen LogP contribution in [0.25, 0.3) is 6.08 Å². The maximum atomic E-state index is 14.5. The molecule has 2 aromatic rings. The summed E-state index contributed by atoms with van der Waals surface area (Å²) in [5, 5.41) is 9.71. The van der Waals surface area contributed by atoms with E-state index in [0.29, 0.717) is 17.3 Å². The molecule has 3 N–H and O–H groups in total. The molecule has 1 aromatic heterocycles. The van der Waals surface area contributed by atoms with Gasteiger partial charge in [-0.25, -0.2) is 14.4 Å². The molecule has 0 bridgehead atoms. The number of nitrogen functional groups attached to an aromatic ring is 1. The van der Waals surface area contributed by atoms with Crippen molar-refractivity contribution in [1.29, 1.82) is 0 Å². The van der Waals surface area contributed by atoms with Gasteiger partial charge in [0.2, 0.25) is 5.95 Å². The van der Waals surface area contributed by atoms with E-state index in [1.807, 2.05) is 0 Å². The minimum absolute atomic E-state index is 0.0363. The molecule has 2 heterocycles. The lowest BCUT2D eigenvalue weighted by molar-refractivity contribution is -0.121. The molecule has 2 amide bonds. The third kappa shape index (κ3) is 4.08. The number of hydrogen-bond acceptors (Lipinski definition) is 8. The second kappa shape index (κ2) is 7.67.